The van der Waals surface area contributed by atoms with E-state index in [4.69, 9.17) is 0 Å². The summed E-state index contributed by atoms with van der Waals surface area (Å²) in [5, 5.41) is 18.1. The first-order valence-corrected chi connectivity index (χ1v) is 9.72. The van der Waals surface area contributed by atoms with E-state index in [-0.39, 0.29) is 10.6 Å². The summed E-state index contributed by atoms with van der Waals surface area (Å²) in [5.74, 6) is -0.265. The summed E-state index contributed by atoms with van der Waals surface area (Å²) in [6, 6.07) is 14.1. The smallest absolute Gasteiger partial charge is 0.267 e. The van der Waals surface area contributed by atoms with Crippen molar-refractivity contribution >= 4 is 10.0 Å². The van der Waals surface area contributed by atoms with Crippen LogP contribution in [0.25, 0.3) is 11.3 Å². The highest BCUT2D eigenvalue weighted by molar-refractivity contribution is 7.89. The minimum Gasteiger partial charge on any atom is -0.507 e. The normalized spacial score (nSPS) is 11.8. The summed E-state index contributed by atoms with van der Waals surface area (Å²) in [5.41, 5.74) is 2.49. The molecule has 0 saturated carbocycles. The number of hydrogen-bond donors (Lipinski definition) is 1. The van der Waals surface area contributed by atoms with Gasteiger partial charge in [-0.15, -0.1) is 5.10 Å². The van der Waals surface area contributed by atoms with Gasteiger partial charge in [0.1, 0.15) is 16.3 Å². The number of benzene rings is 2. The van der Waals surface area contributed by atoms with Crippen LogP contribution in [0.2, 0.25) is 0 Å². The number of hydrogen-bond acceptors (Lipinski definition) is 5. The van der Waals surface area contributed by atoms with Gasteiger partial charge in [-0.25, -0.2) is 13.1 Å². The first kappa shape index (κ1) is 18.7. The Kier molecular flexibility index (Phi) is 5.27. The standard InChI is InChI=1S/C19H20N4O3S/c1-15-9-10-19(18(24)13-15)27(25,26)22(2)11-6-12-23-14-17(20-21-23)16-7-4-3-5-8-16/h3-11,13-14,24H,12H2,1-2H3/b11-6+. The van der Waals surface area contributed by atoms with Gasteiger partial charge in [-0.1, -0.05) is 41.6 Å². The minimum absolute atomic E-state index is 0.132. The Morgan fingerprint density at radius 3 is 2.63 bits per heavy atom. The van der Waals surface area contributed by atoms with Crippen molar-refractivity contribution in [2.24, 2.45) is 0 Å². The van der Waals surface area contributed by atoms with Crippen molar-refractivity contribution in [2.75, 3.05) is 7.05 Å². The second kappa shape index (κ2) is 7.63. The molecule has 3 rings (SSSR count). The van der Waals surface area contributed by atoms with Crippen molar-refractivity contribution in [2.45, 2.75) is 18.4 Å². The molecule has 0 fully saturated rings. The molecule has 0 aliphatic carbocycles. The molecule has 0 saturated heterocycles. The van der Waals surface area contributed by atoms with E-state index in [1.54, 1.807) is 29.9 Å². The van der Waals surface area contributed by atoms with Gasteiger partial charge in [0.05, 0.1) is 12.7 Å². The molecule has 0 amide bonds. The van der Waals surface area contributed by atoms with Crippen LogP contribution in [0.5, 0.6) is 5.75 Å². The minimum atomic E-state index is -3.83. The first-order valence-electron chi connectivity index (χ1n) is 8.28. The van der Waals surface area contributed by atoms with Crippen molar-refractivity contribution in [3.63, 3.8) is 0 Å². The molecule has 0 bridgehead atoms. The van der Waals surface area contributed by atoms with E-state index in [1.807, 2.05) is 30.3 Å². The van der Waals surface area contributed by atoms with Crippen molar-refractivity contribution in [1.29, 1.82) is 0 Å². The molecule has 1 aromatic heterocycles. The van der Waals surface area contributed by atoms with Crippen LogP contribution >= 0.6 is 0 Å². The molecule has 140 valence electrons. The first-order chi connectivity index (χ1) is 12.9. The van der Waals surface area contributed by atoms with Gasteiger partial charge in [0.25, 0.3) is 10.0 Å². The van der Waals surface area contributed by atoms with Crippen molar-refractivity contribution in [3.05, 3.63) is 72.6 Å². The molecule has 0 aliphatic heterocycles. The lowest BCUT2D eigenvalue weighted by atomic mass is 10.2. The largest absolute Gasteiger partial charge is 0.507 e. The van der Waals surface area contributed by atoms with E-state index in [1.165, 1.54) is 25.4 Å². The Hall–Kier alpha value is -3.13. The molecule has 0 aliphatic rings. The van der Waals surface area contributed by atoms with E-state index >= 15 is 0 Å². The molecule has 0 spiro atoms. The van der Waals surface area contributed by atoms with E-state index in [2.05, 4.69) is 10.3 Å². The quantitative estimate of drug-likeness (QED) is 0.706. The molecule has 7 nitrogen and oxygen atoms in total. The van der Waals surface area contributed by atoms with Crippen LogP contribution in [0.3, 0.4) is 0 Å². The van der Waals surface area contributed by atoms with Crippen LogP contribution in [0.15, 0.2) is 71.9 Å². The highest BCUT2D eigenvalue weighted by Crippen LogP contribution is 2.26. The van der Waals surface area contributed by atoms with Crippen LogP contribution in [-0.2, 0) is 16.6 Å². The zero-order valence-corrected chi connectivity index (χ0v) is 15.8. The fourth-order valence-corrected chi connectivity index (χ4v) is 3.63. The van der Waals surface area contributed by atoms with Gasteiger partial charge in [-0.05, 0) is 30.7 Å². The SMILES string of the molecule is Cc1ccc(S(=O)(=O)N(C)/C=C/Cn2cc(-c3ccccc3)nn2)c(O)c1. The molecule has 0 radical (unpaired) electrons. The zero-order chi connectivity index (χ0) is 19.4. The average Bonchev–Trinajstić information content (AvgIpc) is 3.11. The van der Waals surface area contributed by atoms with E-state index in [0.717, 1.165) is 21.1 Å². The number of aryl methyl sites for hydroxylation is 1. The maximum absolute atomic E-state index is 12.6. The molecule has 0 unspecified atom stereocenters. The average molecular weight is 384 g/mol. The maximum atomic E-state index is 12.6. The molecule has 1 heterocycles. The third kappa shape index (κ3) is 4.17. The Balaban J connectivity index is 1.70. The van der Waals surface area contributed by atoms with Crippen molar-refractivity contribution in [1.82, 2.24) is 19.3 Å². The van der Waals surface area contributed by atoms with E-state index in [0.29, 0.717) is 6.54 Å². The number of aromatic nitrogens is 3. The monoisotopic (exact) mass is 384 g/mol. The van der Waals surface area contributed by atoms with Crippen molar-refractivity contribution in [3.8, 4) is 17.0 Å². The molecule has 3 aromatic rings. The maximum Gasteiger partial charge on any atom is 0.267 e. The van der Waals surface area contributed by atoms with Crippen LogP contribution in [0.1, 0.15) is 5.56 Å². The van der Waals surface area contributed by atoms with E-state index in [9.17, 15) is 13.5 Å². The lowest BCUT2D eigenvalue weighted by Gasteiger charge is -2.16. The topological polar surface area (TPSA) is 88.3 Å². The number of allylic oxidation sites excluding steroid dienone is 1. The summed E-state index contributed by atoms with van der Waals surface area (Å²) in [6.07, 6.45) is 4.88. The molecule has 8 heteroatoms. The van der Waals surface area contributed by atoms with Gasteiger partial charge < -0.3 is 5.11 Å². The Bertz CT molecular complexity index is 1060. The summed E-state index contributed by atoms with van der Waals surface area (Å²) in [6.45, 7) is 2.14. The van der Waals surface area contributed by atoms with Gasteiger partial charge in [0, 0.05) is 18.8 Å². The van der Waals surface area contributed by atoms with Gasteiger partial charge in [-0.2, -0.15) is 0 Å². The second-order valence-electron chi connectivity index (χ2n) is 6.07. The summed E-state index contributed by atoms with van der Waals surface area (Å²) >= 11 is 0. The van der Waals surface area contributed by atoms with Crippen LogP contribution < -0.4 is 0 Å². The summed E-state index contributed by atoms with van der Waals surface area (Å²) < 4.78 is 27.8. The highest BCUT2D eigenvalue weighted by atomic mass is 32.2. The molecule has 1 N–H and O–H groups in total. The number of rotatable bonds is 6. The van der Waals surface area contributed by atoms with Gasteiger partial charge >= 0.3 is 0 Å². The third-order valence-electron chi connectivity index (χ3n) is 3.99. The molecule has 0 atom stereocenters. The Morgan fingerprint density at radius 2 is 1.93 bits per heavy atom. The Morgan fingerprint density at radius 1 is 1.19 bits per heavy atom. The van der Waals surface area contributed by atoms with Crippen molar-refractivity contribution < 1.29 is 13.5 Å². The second-order valence-corrected chi connectivity index (χ2v) is 8.03. The predicted octanol–water partition coefficient (Wildman–Crippen LogP) is 2.79. The van der Waals surface area contributed by atoms with Crippen LogP contribution in [0, 0.1) is 6.92 Å². The van der Waals surface area contributed by atoms with E-state index < -0.39 is 10.0 Å². The highest BCUT2D eigenvalue weighted by Gasteiger charge is 2.21. The fourth-order valence-electron chi connectivity index (χ4n) is 2.51. The summed E-state index contributed by atoms with van der Waals surface area (Å²) in [7, 11) is -2.41. The van der Waals surface area contributed by atoms with Crippen LogP contribution in [0.4, 0.5) is 0 Å². The third-order valence-corrected chi connectivity index (χ3v) is 5.77. The number of aromatic hydroxyl groups is 1. The number of sulfonamides is 1. The van der Waals surface area contributed by atoms with Gasteiger partial charge in [0.2, 0.25) is 0 Å². The number of phenolic OH excluding ortho intramolecular Hbond substituents is 1. The number of nitrogens with zero attached hydrogens (tertiary/aromatic N) is 4. The van der Waals surface area contributed by atoms with Gasteiger partial charge in [0.15, 0.2) is 0 Å². The fraction of sp³-hybridized carbons (Fsp3) is 0.158. The Labute approximate surface area is 158 Å². The number of phenols is 1. The zero-order valence-electron chi connectivity index (χ0n) is 15.0. The van der Waals surface area contributed by atoms with Crippen LogP contribution in [-0.4, -0.2) is 39.9 Å². The predicted molar refractivity (Wildman–Crippen MR) is 102 cm³/mol. The molecular weight excluding hydrogens is 364 g/mol. The van der Waals surface area contributed by atoms with Gasteiger partial charge in [-0.3, -0.25) is 4.31 Å². The molecule has 27 heavy (non-hydrogen) atoms. The molecular formula is C19H20N4O3S. The summed E-state index contributed by atoms with van der Waals surface area (Å²) in [4.78, 5) is -0.132. The molecule has 2 aromatic carbocycles. The lowest BCUT2D eigenvalue weighted by Crippen LogP contribution is -2.21. The lowest BCUT2D eigenvalue weighted by molar-refractivity contribution is 0.454.